The number of rotatable bonds is 5. The van der Waals surface area contributed by atoms with Crippen LogP contribution in [0.4, 0.5) is 17.1 Å². The van der Waals surface area contributed by atoms with Crippen molar-refractivity contribution in [3.05, 3.63) is 39.0 Å². The van der Waals surface area contributed by atoms with E-state index in [1.165, 1.54) is 11.3 Å². The number of thiophene rings is 1. The van der Waals surface area contributed by atoms with Gasteiger partial charge in [0.15, 0.2) is 0 Å². The van der Waals surface area contributed by atoms with Gasteiger partial charge in [-0.3, -0.25) is 9.79 Å². The predicted octanol–water partition coefficient (Wildman–Crippen LogP) is 4.86. The van der Waals surface area contributed by atoms with Crippen LogP contribution in [0.5, 0.6) is 0 Å². The van der Waals surface area contributed by atoms with E-state index in [9.17, 15) is 4.79 Å². The largest absolute Gasteiger partial charge is 0.370 e. The normalized spacial score (nSPS) is 15.5. The third-order valence-corrected chi connectivity index (χ3v) is 6.08. The average Bonchev–Trinajstić information content (AvgIpc) is 3.03. The van der Waals surface area contributed by atoms with Crippen molar-refractivity contribution < 1.29 is 4.79 Å². The number of aryl methyl sites for hydroxylation is 1. The van der Waals surface area contributed by atoms with Crippen LogP contribution < -0.4 is 16.0 Å². The smallest absolute Gasteiger partial charge is 0.258 e. The van der Waals surface area contributed by atoms with E-state index in [1.54, 1.807) is 6.21 Å². The lowest BCUT2D eigenvalue weighted by molar-refractivity contribution is 0.102. The molecule has 1 aromatic heterocycles. The average molecular weight is 405 g/mol. The third kappa shape index (κ3) is 4.51. The first-order valence-corrected chi connectivity index (χ1v) is 10.4. The van der Waals surface area contributed by atoms with Gasteiger partial charge in [-0.05, 0) is 57.4 Å². The van der Waals surface area contributed by atoms with Gasteiger partial charge in [0.25, 0.3) is 5.91 Å². The van der Waals surface area contributed by atoms with E-state index in [1.807, 2.05) is 37.4 Å². The number of hydrogen-bond acceptors (Lipinski definition) is 5. The third-order valence-electron chi connectivity index (χ3n) is 4.94. The monoisotopic (exact) mass is 404 g/mol. The first-order valence-electron chi connectivity index (χ1n) is 9.16. The van der Waals surface area contributed by atoms with Crippen molar-refractivity contribution in [1.82, 2.24) is 0 Å². The van der Waals surface area contributed by atoms with Crippen molar-refractivity contribution in [2.45, 2.75) is 26.7 Å². The van der Waals surface area contributed by atoms with Gasteiger partial charge in [-0.2, -0.15) is 0 Å². The number of carbonyl (C=O) groups is 1. The second kappa shape index (κ2) is 8.87. The van der Waals surface area contributed by atoms with E-state index in [-0.39, 0.29) is 5.91 Å². The van der Waals surface area contributed by atoms with Gasteiger partial charge in [0, 0.05) is 34.6 Å². The molecule has 7 heteroatoms. The first kappa shape index (κ1) is 19.9. The maximum Gasteiger partial charge on any atom is 0.258 e. The van der Waals surface area contributed by atoms with Crippen molar-refractivity contribution >= 4 is 52.1 Å². The molecule has 1 aliphatic heterocycles. The Morgan fingerprint density at radius 2 is 2.19 bits per heavy atom. The number of halogens is 1. The molecule has 0 unspecified atom stereocenters. The van der Waals surface area contributed by atoms with E-state index in [0.29, 0.717) is 16.5 Å². The van der Waals surface area contributed by atoms with Crippen LogP contribution >= 0.6 is 22.9 Å². The van der Waals surface area contributed by atoms with Gasteiger partial charge in [-0.15, -0.1) is 11.3 Å². The van der Waals surface area contributed by atoms with Crippen molar-refractivity contribution in [2.75, 3.05) is 29.9 Å². The van der Waals surface area contributed by atoms with Crippen LogP contribution in [0, 0.1) is 12.8 Å². The minimum absolute atomic E-state index is 0.166. The summed E-state index contributed by atoms with van der Waals surface area (Å²) >= 11 is 7.73. The summed E-state index contributed by atoms with van der Waals surface area (Å²) in [5.74, 6) is 0.412. The maximum atomic E-state index is 12.9. The Bertz CT molecular complexity index is 841. The molecule has 0 radical (unpaired) electrons. The molecule has 27 heavy (non-hydrogen) atoms. The molecule has 1 saturated heterocycles. The molecule has 3 N–H and O–H groups in total. The summed E-state index contributed by atoms with van der Waals surface area (Å²) in [5.41, 5.74) is 8.85. The Balaban J connectivity index is 1.85. The van der Waals surface area contributed by atoms with Crippen molar-refractivity contribution in [3.63, 3.8) is 0 Å². The summed E-state index contributed by atoms with van der Waals surface area (Å²) in [6.45, 7) is 6.40. The quantitative estimate of drug-likeness (QED) is 0.699. The fourth-order valence-electron chi connectivity index (χ4n) is 3.38. The second-order valence-electron chi connectivity index (χ2n) is 6.72. The number of amides is 1. The molecule has 0 spiro atoms. The van der Waals surface area contributed by atoms with Crippen molar-refractivity contribution in [2.24, 2.45) is 16.6 Å². The summed E-state index contributed by atoms with van der Waals surface area (Å²) < 4.78 is 0. The number of nitrogens with zero attached hydrogens (tertiary/aromatic N) is 2. The number of piperidine rings is 1. The number of nitrogens with one attached hydrogen (secondary N) is 1. The SMILES string of the molecule is C/C=N\c1c(C(=O)Nc2cc(Cl)ccc2N2CCC(CN)CC2)csc1C. The van der Waals surface area contributed by atoms with Crippen molar-refractivity contribution in [1.29, 1.82) is 0 Å². The molecule has 0 aliphatic carbocycles. The van der Waals surface area contributed by atoms with E-state index in [0.717, 1.165) is 54.4 Å². The zero-order chi connectivity index (χ0) is 19.4. The van der Waals surface area contributed by atoms with Crippen LogP contribution in [-0.4, -0.2) is 31.8 Å². The predicted molar refractivity (Wildman–Crippen MR) is 116 cm³/mol. The minimum Gasteiger partial charge on any atom is -0.370 e. The van der Waals surface area contributed by atoms with Crippen LogP contribution in [0.25, 0.3) is 0 Å². The molecule has 3 rings (SSSR count). The van der Waals surface area contributed by atoms with Crippen LogP contribution in [0.1, 0.15) is 35.0 Å². The number of hydrogen-bond donors (Lipinski definition) is 2. The molecule has 2 aromatic rings. The Hall–Kier alpha value is -1.89. The van der Waals surface area contributed by atoms with Crippen LogP contribution in [0.2, 0.25) is 5.02 Å². The molecule has 144 valence electrons. The standard InChI is InChI=1S/C20H25ClN4OS/c1-3-23-19-13(2)27-12-16(19)20(26)24-17-10-15(21)4-5-18(17)25-8-6-14(11-22)7-9-25/h3-5,10,12,14H,6-9,11,22H2,1-2H3,(H,24,26)/b23-3-. The lowest BCUT2D eigenvalue weighted by Crippen LogP contribution is -2.36. The molecule has 0 saturated carbocycles. The fraction of sp³-hybridized carbons (Fsp3) is 0.400. The maximum absolute atomic E-state index is 12.9. The Morgan fingerprint density at radius 3 is 2.85 bits per heavy atom. The van der Waals surface area contributed by atoms with E-state index < -0.39 is 0 Å². The molecule has 5 nitrogen and oxygen atoms in total. The summed E-state index contributed by atoms with van der Waals surface area (Å²) in [6, 6.07) is 5.65. The minimum atomic E-state index is -0.166. The Kier molecular flexibility index (Phi) is 6.52. The lowest BCUT2D eigenvalue weighted by Gasteiger charge is -2.34. The number of nitrogens with two attached hydrogens (primary N) is 1. The molecule has 2 heterocycles. The van der Waals surface area contributed by atoms with Gasteiger partial charge in [-0.25, -0.2) is 0 Å². The molecule has 1 amide bonds. The fourth-order valence-corrected chi connectivity index (χ4v) is 4.34. The Labute approximate surface area is 169 Å². The highest BCUT2D eigenvalue weighted by atomic mass is 35.5. The highest BCUT2D eigenvalue weighted by Crippen LogP contribution is 2.34. The highest BCUT2D eigenvalue weighted by molar-refractivity contribution is 7.10. The summed E-state index contributed by atoms with van der Waals surface area (Å²) in [7, 11) is 0. The topological polar surface area (TPSA) is 70.7 Å². The summed E-state index contributed by atoms with van der Waals surface area (Å²) in [6.07, 6.45) is 3.83. The molecule has 1 aromatic carbocycles. The highest BCUT2D eigenvalue weighted by Gasteiger charge is 2.22. The second-order valence-corrected chi connectivity index (χ2v) is 8.24. The number of anilines is 2. The number of benzene rings is 1. The van der Waals surface area contributed by atoms with Gasteiger partial charge in [0.1, 0.15) is 0 Å². The van der Waals surface area contributed by atoms with E-state index in [2.05, 4.69) is 15.2 Å². The van der Waals surface area contributed by atoms with E-state index >= 15 is 0 Å². The first-order chi connectivity index (χ1) is 13.0. The zero-order valence-electron chi connectivity index (χ0n) is 15.7. The van der Waals surface area contributed by atoms with Gasteiger partial charge >= 0.3 is 0 Å². The van der Waals surface area contributed by atoms with Gasteiger partial charge in [0.05, 0.1) is 22.6 Å². The van der Waals surface area contributed by atoms with Crippen molar-refractivity contribution in [3.8, 4) is 0 Å². The van der Waals surface area contributed by atoms with Crippen LogP contribution in [-0.2, 0) is 0 Å². The van der Waals surface area contributed by atoms with Gasteiger partial charge in [0.2, 0.25) is 0 Å². The molecule has 0 atom stereocenters. The number of aliphatic imine (C=N–C) groups is 1. The molecular formula is C20H25ClN4OS. The van der Waals surface area contributed by atoms with E-state index in [4.69, 9.17) is 17.3 Å². The molecule has 0 bridgehead atoms. The van der Waals surface area contributed by atoms with Gasteiger partial charge < -0.3 is 16.0 Å². The molecule has 1 aliphatic rings. The summed E-state index contributed by atoms with van der Waals surface area (Å²) in [4.78, 5) is 20.6. The molecular weight excluding hydrogens is 380 g/mol. The van der Waals surface area contributed by atoms with Crippen LogP contribution in [0.15, 0.2) is 28.6 Å². The van der Waals surface area contributed by atoms with Gasteiger partial charge in [-0.1, -0.05) is 11.6 Å². The summed E-state index contributed by atoms with van der Waals surface area (Å²) in [5, 5.41) is 5.49. The number of carbonyl (C=O) groups excluding carboxylic acids is 1. The Morgan fingerprint density at radius 1 is 1.44 bits per heavy atom. The lowest BCUT2D eigenvalue weighted by atomic mass is 9.96. The van der Waals surface area contributed by atoms with Crippen LogP contribution in [0.3, 0.4) is 0 Å². The molecule has 1 fully saturated rings. The zero-order valence-corrected chi connectivity index (χ0v) is 17.2.